The zero-order valence-electron chi connectivity index (χ0n) is 11.2. The third-order valence-corrected chi connectivity index (χ3v) is 6.03. The van der Waals surface area contributed by atoms with Crippen molar-refractivity contribution in [2.45, 2.75) is 43.6 Å². The van der Waals surface area contributed by atoms with Crippen molar-refractivity contribution in [3.05, 3.63) is 28.0 Å². The van der Waals surface area contributed by atoms with Gasteiger partial charge in [0.15, 0.2) is 0 Å². The molecule has 1 aliphatic rings. The minimum atomic E-state index is -0.888. The fourth-order valence-corrected chi connectivity index (χ4v) is 4.89. The van der Waals surface area contributed by atoms with Gasteiger partial charge < -0.3 is 5.11 Å². The summed E-state index contributed by atoms with van der Waals surface area (Å²) < 4.78 is 0. The number of thiophene rings is 1. The first kappa shape index (κ1) is 14.7. The molecule has 1 aromatic rings. The van der Waals surface area contributed by atoms with Crippen LogP contribution in [-0.4, -0.2) is 16.3 Å². The molecule has 1 aliphatic carbocycles. The second-order valence-corrected chi connectivity index (χ2v) is 7.67. The Labute approximate surface area is 122 Å². The van der Waals surface area contributed by atoms with Gasteiger partial charge in [-0.15, -0.1) is 11.3 Å². The molecule has 0 spiro atoms. The molecule has 0 aliphatic heterocycles. The van der Waals surface area contributed by atoms with Crippen molar-refractivity contribution < 1.29 is 9.90 Å². The van der Waals surface area contributed by atoms with Crippen molar-refractivity contribution in [3.8, 4) is 0 Å². The van der Waals surface area contributed by atoms with Gasteiger partial charge in [0.2, 0.25) is 0 Å². The van der Waals surface area contributed by atoms with Gasteiger partial charge >= 0.3 is 5.97 Å². The van der Waals surface area contributed by atoms with Crippen LogP contribution < -0.4 is 0 Å². The molecular weight excluding hydrogens is 276 g/mol. The van der Waals surface area contributed by atoms with Crippen LogP contribution in [0.4, 0.5) is 0 Å². The van der Waals surface area contributed by atoms with Gasteiger partial charge in [-0.05, 0) is 37.0 Å². The molecule has 2 rings (SSSR count). The number of hydrogen-bond donors (Lipinski definition) is 1. The van der Waals surface area contributed by atoms with Crippen LogP contribution >= 0.6 is 23.1 Å². The first-order chi connectivity index (χ1) is 9.13. The summed E-state index contributed by atoms with van der Waals surface area (Å²) in [6, 6.07) is 4.12. The van der Waals surface area contributed by atoms with Crippen LogP contribution in [0.15, 0.2) is 18.2 Å². The molecule has 1 heterocycles. The standard InChI is InChI=1S/C15H20O2S2/c1-11-3-2-4-13(9-11)18-10-14-6-5-12(19-14)7-8-15(16)17/h5-8,11,13H,2-4,9-10H2,1H3,(H,16,17). The number of aliphatic carboxylic acids is 1. The maximum atomic E-state index is 10.5. The number of carboxylic acid groups (broad SMARTS) is 1. The largest absolute Gasteiger partial charge is 0.478 e. The normalized spacial score (nSPS) is 23.8. The molecule has 0 aromatic carbocycles. The SMILES string of the molecule is CC1CCCC(SCc2ccc(C=CC(=O)O)s2)C1. The van der Waals surface area contributed by atoms with Gasteiger partial charge in [-0.25, -0.2) is 4.79 Å². The molecule has 19 heavy (non-hydrogen) atoms. The Kier molecular flexibility index (Phi) is 5.52. The van der Waals surface area contributed by atoms with E-state index in [4.69, 9.17) is 5.11 Å². The fraction of sp³-hybridized carbons (Fsp3) is 0.533. The lowest BCUT2D eigenvalue weighted by molar-refractivity contribution is -0.131. The van der Waals surface area contributed by atoms with Crippen LogP contribution in [0.2, 0.25) is 0 Å². The summed E-state index contributed by atoms with van der Waals surface area (Å²) >= 11 is 3.76. The summed E-state index contributed by atoms with van der Waals surface area (Å²) in [7, 11) is 0. The molecule has 0 radical (unpaired) electrons. The Morgan fingerprint density at radius 1 is 1.53 bits per heavy atom. The number of carbonyl (C=O) groups is 1. The highest BCUT2D eigenvalue weighted by Gasteiger charge is 2.19. The molecule has 2 atom stereocenters. The van der Waals surface area contributed by atoms with Crippen molar-refractivity contribution in [2.24, 2.45) is 5.92 Å². The van der Waals surface area contributed by atoms with E-state index >= 15 is 0 Å². The van der Waals surface area contributed by atoms with E-state index in [0.29, 0.717) is 0 Å². The van der Waals surface area contributed by atoms with Gasteiger partial charge in [0.25, 0.3) is 0 Å². The highest BCUT2D eigenvalue weighted by molar-refractivity contribution is 7.99. The van der Waals surface area contributed by atoms with Crippen LogP contribution in [0.3, 0.4) is 0 Å². The third-order valence-electron chi connectivity index (χ3n) is 3.42. The highest BCUT2D eigenvalue weighted by atomic mass is 32.2. The van der Waals surface area contributed by atoms with Crippen molar-refractivity contribution in [3.63, 3.8) is 0 Å². The van der Waals surface area contributed by atoms with Gasteiger partial charge in [-0.1, -0.05) is 19.8 Å². The lowest BCUT2D eigenvalue weighted by atomic mass is 9.91. The number of rotatable bonds is 5. The summed E-state index contributed by atoms with van der Waals surface area (Å²) in [6.07, 6.45) is 8.33. The van der Waals surface area contributed by atoms with Gasteiger partial charge in [0, 0.05) is 26.8 Å². The monoisotopic (exact) mass is 296 g/mol. The summed E-state index contributed by atoms with van der Waals surface area (Å²) in [4.78, 5) is 12.8. The molecule has 104 valence electrons. The Morgan fingerprint density at radius 2 is 2.37 bits per heavy atom. The maximum Gasteiger partial charge on any atom is 0.328 e. The summed E-state index contributed by atoms with van der Waals surface area (Å²) in [5.74, 6) is 1.05. The van der Waals surface area contributed by atoms with E-state index in [1.807, 2.05) is 6.07 Å². The first-order valence-corrected chi connectivity index (χ1v) is 8.61. The number of thioether (sulfide) groups is 1. The van der Waals surface area contributed by atoms with Gasteiger partial charge in [0.1, 0.15) is 0 Å². The second-order valence-electron chi connectivity index (χ2n) is 5.18. The third kappa shape index (κ3) is 5.03. The predicted octanol–water partition coefficient (Wildman–Crippen LogP) is 4.66. The van der Waals surface area contributed by atoms with Crippen molar-refractivity contribution >= 4 is 35.1 Å². The molecule has 2 nitrogen and oxygen atoms in total. The Balaban J connectivity index is 1.81. The minimum Gasteiger partial charge on any atom is -0.478 e. The quantitative estimate of drug-likeness (QED) is 0.803. The first-order valence-electron chi connectivity index (χ1n) is 6.75. The summed E-state index contributed by atoms with van der Waals surface area (Å²) in [6.45, 7) is 2.35. The van der Waals surface area contributed by atoms with Crippen LogP contribution in [-0.2, 0) is 10.5 Å². The predicted molar refractivity (Wildman–Crippen MR) is 83.7 cm³/mol. The number of carboxylic acids is 1. The average Bonchev–Trinajstić information content (AvgIpc) is 2.82. The zero-order chi connectivity index (χ0) is 13.7. The van der Waals surface area contributed by atoms with Gasteiger partial charge in [-0.3, -0.25) is 0 Å². The van der Waals surface area contributed by atoms with Crippen LogP contribution in [0.5, 0.6) is 0 Å². The fourth-order valence-electron chi connectivity index (χ4n) is 2.44. The van der Waals surface area contributed by atoms with E-state index in [-0.39, 0.29) is 0 Å². The van der Waals surface area contributed by atoms with Crippen LogP contribution in [0.1, 0.15) is 42.4 Å². The maximum absolute atomic E-state index is 10.5. The van der Waals surface area contributed by atoms with E-state index in [1.165, 1.54) is 36.6 Å². The van der Waals surface area contributed by atoms with E-state index in [2.05, 4.69) is 24.8 Å². The van der Waals surface area contributed by atoms with Crippen LogP contribution in [0, 0.1) is 5.92 Å². The van der Waals surface area contributed by atoms with E-state index in [0.717, 1.165) is 21.8 Å². The summed E-state index contributed by atoms with van der Waals surface area (Å²) in [5, 5.41) is 9.40. The van der Waals surface area contributed by atoms with Crippen LogP contribution in [0.25, 0.3) is 6.08 Å². The molecule has 2 unspecified atom stereocenters. The molecule has 4 heteroatoms. The lowest BCUT2D eigenvalue weighted by Gasteiger charge is -2.25. The number of hydrogen-bond acceptors (Lipinski definition) is 3. The Bertz CT molecular complexity index is 451. The minimum absolute atomic E-state index is 0.809. The molecule has 1 saturated carbocycles. The average molecular weight is 296 g/mol. The van der Waals surface area contributed by atoms with E-state index < -0.39 is 5.97 Å². The van der Waals surface area contributed by atoms with Gasteiger partial charge in [0.05, 0.1) is 0 Å². The molecule has 1 fully saturated rings. The van der Waals surface area contributed by atoms with Crippen molar-refractivity contribution in [1.29, 1.82) is 0 Å². The molecule has 0 amide bonds. The molecule has 0 bridgehead atoms. The molecule has 1 N–H and O–H groups in total. The zero-order valence-corrected chi connectivity index (χ0v) is 12.8. The molecule has 0 saturated heterocycles. The van der Waals surface area contributed by atoms with Gasteiger partial charge in [-0.2, -0.15) is 11.8 Å². The lowest BCUT2D eigenvalue weighted by Crippen LogP contribution is -2.15. The molecule has 1 aromatic heterocycles. The molecular formula is C15H20O2S2. The second kappa shape index (κ2) is 7.15. The van der Waals surface area contributed by atoms with Crippen molar-refractivity contribution in [2.75, 3.05) is 0 Å². The smallest absolute Gasteiger partial charge is 0.328 e. The highest BCUT2D eigenvalue weighted by Crippen LogP contribution is 2.34. The van der Waals surface area contributed by atoms with Crippen molar-refractivity contribution in [1.82, 2.24) is 0 Å². The van der Waals surface area contributed by atoms with E-state index in [9.17, 15) is 4.79 Å². The van der Waals surface area contributed by atoms with E-state index in [1.54, 1.807) is 17.4 Å². The Morgan fingerprint density at radius 3 is 3.11 bits per heavy atom. The summed E-state index contributed by atoms with van der Waals surface area (Å²) in [5.41, 5.74) is 0. The Hall–Kier alpha value is -0.740. The topological polar surface area (TPSA) is 37.3 Å².